The van der Waals surface area contributed by atoms with Gasteiger partial charge in [-0.15, -0.1) is 0 Å². The summed E-state index contributed by atoms with van der Waals surface area (Å²) in [5.41, 5.74) is 2.56. The maximum atomic E-state index is 13.7. The van der Waals surface area contributed by atoms with Crippen molar-refractivity contribution in [1.29, 1.82) is 0 Å². The summed E-state index contributed by atoms with van der Waals surface area (Å²) in [5.74, 6) is 0.895. The second kappa shape index (κ2) is 8.34. The lowest BCUT2D eigenvalue weighted by Crippen LogP contribution is -2.55. The first-order valence-electron chi connectivity index (χ1n) is 10.4. The van der Waals surface area contributed by atoms with E-state index in [-0.39, 0.29) is 17.4 Å². The minimum atomic E-state index is 0.00962. The highest BCUT2D eigenvalue weighted by Crippen LogP contribution is 2.36. The Kier molecular flexibility index (Phi) is 5.78. The van der Waals surface area contributed by atoms with E-state index < -0.39 is 0 Å². The molecular weight excluding hydrogens is 440 g/mol. The van der Waals surface area contributed by atoms with Crippen molar-refractivity contribution in [3.63, 3.8) is 0 Å². The van der Waals surface area contributed by atoms with Crippen LogP contribution in [-0.4, -0.2) is 39.9 Å². The molecule has 0 unspecified atom stereocenters. The summed E-state index contributed by atoms with van der Waals surface area (Å²) in [5, 5.41) is 4.35. The van der Waals surface area contributed by atoms with Gasteiger partial charge in [0.1, 0.15) is 5.82 Å². The first kappa shape index (κ1) is 20.8. The lowest BCUT2D eigenvalue weighted by atomic mass is 9.76. The van der Waals surface area contributed by atoms with Gasteiger partial charge in [-0.2, -0.15) is 0 Å². The number of amides is 1. The number of nitrogens with zero attached hydrogens (tertiary/aromatic N) is 3. The first-order chi connectivity index (χ1) is 14.3. The maximum Gasteiger partial charge on any atom is 0.254 e. The monoisotopic (exact) mass is 466 g/mol. The van der Waals surface area contributed by atoms with Crippen LogP contribution in [0, 0.1) is 12.3 Å². The fourth-order valence-electron chi connectivity index (χ4n) is 4.36. The fourth-order valence-corrected chi connectivity index (χ4v) is 4.59. The number of hydrogen-bond donors (Lipinski definition) is 1. The van der Waals surface area contributed by atoms with Crippen molar-refractivity contribution in [3.05, 3.63) is 64.4 Å². The number of nitrogens with one attached hydrogen (secondary N) is 1. The van der Waals surface area contributed by atoms with E-state index in [4.69, 9.17) is 0 Å². The summed E-state index contributed by atoms with van der Waals surface area (Å²) in [6, 6.07) is 13.8. The molecule has 30 heavy (non-hydrogen) atoms. The largest absolute Gasteiger partial charge is 0.368 e. The molecule has 0 saturated carbocycles. The van der Waals surface area contributed by atoms with E-state index in [1.54, 1.807) is 6.20 Å². The molecule has 5 nitrogen and oxygen atoms in total. The highest BCUT2D eigenvalue weighted by Gasteiger charge is 2.40. The molecule has 1 amide bonds. The van der Waals surface area contributed by atoms with E-state index in [1.807, 2.05) is 54.3 Å². The number of likely N-dealkylation sites (tertiary alicyclic amines) is 1. The van der Waals surface area contributed by atoms with Crippen LogP contribution in [0.2, 0.25) is 0 Å². The third-order valence-corrected chi connectivity index (χ3v) is 6.53. The third-order valence-electron chi connectivity index (χ3n) is 6.06. The molecule has 4 rings (SSSR count). The molecule has 1 aliphatic rings. The molecule has 6 heteroatoms. The highest BCUT2D eigenvalue weighted by molar-refractivity contribution is 9.10. The summed E-state index contributed by atoms with van der Waals surface area (Å²) in [4.78, 5) is 24.8. The van der Waals surface area contributed by atoms with Crippen LogP contribution in [0.15, 0.2) is 53.1 Å². The van der Waals surface area contributed by atoms with Gasteiger partial charge in [-0.25, -0.2) is 4.98 Å². The van der Waals surface area contributed by atoms with E-state index >= 15 is 0 Å². The fraction of sp³-hybridized carbons (Fsp3) is 0.375. The van der Waals surface area contributed by atoms with Gasteiger partial charge in [-0.05, 0) is 71.4 Å². The van der Waals surface area contributed by atoms with Gasteiger partial charge in [-0.3, -0.25) is 9.78 Å². The van der Waals surface area contributed by atoms with Crippen molar-refractivity contribution in [2.75, 3.05) is 18.4 Å². The van der Waals surface area contributed by atoms with E-state index in [9.17, 15) is 4.79 Å². The Balaban J connectivity index is 1.63. The number of hydrogen-bond acceptors (Lipinski definition) is 4. The molecule has 1 fully saturated rings. The van der Waals surface area contributed by atoms with E-state index in [0.29, 0.717) is 6.54 Å². The molecular formula is C24H27BrN4O. The van der Waals surface area contributed by atoms with Crippen LogP contribution in [-0.2, 0) is 0 Å². The zero-order valence-electron chi connectivity index (χ0n) is 17.7. The number of aromatic nitrogens is 2. The second-order valence-corrected chi connectivity index (χ2v) is 9.59. The Morgan fingerprint density at radius 2 is 2.07 bits per heavy atom. The van der Waals surface area contributed by atoms with Gasteiger partial charge in [0, 0.05) is 40.4 Å². The molecule has 1 N–H and O–H groups in total. The number of halogens is 1. The van der Waals surface area contributed by atoms with Crippen molar-refractivity contribution in [1.82, 2.24) is 14.9 Å². The minimum Gasteiger partial charge on any atom is -0.368 e. The number of benzene rings is 1. The zero-order valence-corrected chi connectivity index (χ0v) is 19.2. The van der Waals surface area contributed by atoms with Crippen LogP contribution in [0.4, 0.5) is 5.82 Å². The molecule has 1 aromatic carbocycles. The molecule has 0 spiro atoms. The number of anilines is 1. The van der Waals surface area contributed by atoms with Crippen LogP contribution in [0.5, 0.6) is 0 Å². The summed E-state index contributed by atoms with van der Waals surface area (Å²) in [7, 11) is 0. The Morgan fingerprint density at radius 1 is 1.23 bits per heavy atom. The van der Waals surface area contributed by atoms with Crippen LogP contribution >= 0.6 is 15.9 Å². The van der Waals surface area contributed by atoms with Crippen molar-refractivity contribution < 1.29 is 4.79 Å². The van der Waals surface area contributed by atoms with Crippen molar-refractivity contribution in [2.24, 2.45) is 5.41 Å². The zero-order chi connectivity index (χ0) is 21.3. The summed E-state index contributed by atoms with van der Waals surface area (Å²) in [6.07, 6.45) is 3.88. The number of pyridine rings is 2. The van der Waals surface area contributed by atoms with Crippen molar-refractivity contribution >= 4 is 38.6 Å². The van der Waals surface area contributed by atoms with Crippen molar-refractivity contribution in [2.45, 2.75) is 39.7 Å². The molecule has 1 atom stereocenters. The number of fused-ring (bicyclic) bond motifs is 1. The lowest BCUT2D eigenvalue weighted by molar-refractivity contribution is 0.0321. The quantitative estimate of drug-likeness (QED) is 0.555. The van der Waals surface area contributed by atoms with Crippen LogP contribution in [0.1, 0.15) is 42.7 Å². The molecule has 156 valence electrons. The molecule has 0 bridgehead atoms. The summed E-state index contributed by atoms with van der Waals surface area (Å²) in [6.45, 7) is 7.90. The average molecular weight is 467 g/mol. The van der Waals surface area contributed by atoms with Gasteiger partial charge in [0.15, 0.2) is 0 Å². The van der Waals surface area contributed by atoms with E-state index in [2.05, 4.69) is 45.1 Å². The van der Waals surface area contributed by atoms with Crippen LogP contribution in [0.25, 0.3) is 10.9 Å². The Labute approximate surface area is 186 Å². The topological polar surface area (TPSA) is 58.1 Å². The standard InChI is InChI=1S/C24H27BrN4O/c1-16-8-10-18-19(6-4-7-20(18)28-16)23(30)29-13-5-12-24(2,3)21(29)15-27-22-11-9-17(25)14-26-22/h4,6-11,14,21H,5,12-13,15H2,1-3H3,(H,26,27)/t21-/m1/s1. The molecule has 2 aromatic heterocycles. The predicted octanol–water partition coefficient (Wildman–Crippen LogP) is 5.44. The maximum absolute atomic E-state index is 13.7. The summed E-state index contributed by atoms with van der Waals surface area (Å²) >= 11 is 3.42. The number of aryl methyl sites for hydroxylation is 1. The van der Waals surface area contributed by atoms with Gasteiger partial charge in [0.05, 0.1) is 11.6 Å². The van der Waals surface area contributed by atoms with Crippen LogP contribution < -0.4 is 5.32 Å². The summed E-state index contributed by atoms with van der Waals surface area (Å²) < 4.78 is 0.947. The SMILES string of the molecule is Cc1ccc2c(C(=O)N3CCCC(C)(C)[C@H]3CNc3ccc(Br)cn3)cccc2n1. The van der Waals surface area contributed by atoms with E-state index in [1.165, 1.54) is 0 Å². The molecule has 1 aliphatic heterocycles. The van der Waals surface area contributed by atoms with E-state index in [0.717, 1.165) is 51.8 Å². The van der Waals surface area contributed by atoms with Crippen LogP contribution in [0.3, 0.4) is 0 Å². The Bertz CT molecular complexity index is 1060. The van der Waals surface area contributed by atoms with Gasteiger partial charge < -0.3 is 10.2 Å². The number of piperidine rings is 1. The lowest BCUT2D eigenvalue weighted by Gasteiger charge is -2.46. The second-order valence-electron chi connectivity index (χ2n) is 8.67. The number of rotatable bonds is 4. The molecule has 1 saturated heterocycles. The third kappa shape index (κ3) is 4.19. The van der Waals surface area contributed by atoms with Crippen molar-refractivity contribution in [3.8, 4) is 0 Å². The number of carbonyl (C=O) groups is 1. The van der Waals surface area contributed by atoms with Gasteiger partial charge >= 0.3 is 0 Å². The molecule has 0 aliphatic carbocycles. The number of carbonyl (C=O) groups excluding carboxylic acids is 1. The highest BCUT2D eigenvalue weighted by atomic mass is 79.9. The Hall–Kier alpha value is -2.47. The molecule has 0 radical (unpaired) electrons. The van der Waals surface area contributed by atoms with Gasteiger partial charge in [-0.1, -0.05) is 26.0 Å². The normalized spacial score (nSPS) is 18.4. The molecule has 3 aromatic rings. The predicted molar refractivity (Wildman–Crippen MR) is 125 cm³/mol. The molecule has 3 heterocycles. The smallest absolute Gasteiger partial charge is 0.254 e. The Morgan fingerprint density at radius 3 is 2.83 bits per heavy atom. The minimum absolute atomic E-state index is 0.00962. The van der Waals surface area contributed by atoms with Gasteiger partial charge in [0.2, 0.25) is 0 Å². The average Bonchev–Trinajstić information content (AvgIpc) is 2.72. The van der Waals surface area contributed by atoms with Gasteiger partial charge in [0.25, 0.3) is 5.91 Å². The first-order valence-corrected chi connectivity index (χ1v) is 11.2.